The molecule has 29 heavy (non-hydrogen) atoms. The van der Waals surface area contributed by atoms with Gasteiger partial charge >= 0.3 is 5.97 Å². The molecule has 0 spiro atoms. The zero-order valence-electron chi connectivity index (χ0n) is 16.0. The highest BCUT2D eigenvalue weighted by molar-refractivity contribution is 9.10. The molecule has 3 aromatic carbocycles. The van der Waals surface area contributed by atoms with Crippen LogP contribution in [0.2, 0.25) is 0 Å². The topological polar surface area (TPSA) is 46.6 Å². The van der Waals surface area contributed by atoms with Gasteiger partial charge in [0.05, 0.1) is 23.9 Å². The van der Waals surface area contributed by atoms with Crippen molar-refractivity contribution >= 4 is 50.3 Å². The van der Waals surface area contributed by atoms with E-state index in [2.05, 4.69) is 15.9 Å². The molecule has 0 N–H and O–H groups in total. The first-order valence-corrected chi connectivity index (χ1v) is 9.90. The van der Waals surface area contributed by atoms with Gasteiger partial charge in [0, 0.05) is 15.6 Å². The molecule has 1 amide bonds. The van der Waals surface area contributed by atoms with Crippen LogP contribution in [0.1, 0.15) is 12.5 Å². The summed E-state index contributed by atoms with van der Waals surface area (Å²) in [4.78, 5) is 27.7. The summed E-state index contributed by atoms with van der Waals surface area (Å²) in [5.41, 5.74) is 2.69. The summed E-state index contributed by atoms with van der Waals surface area (Å²) < 4.78 is 5.83. The van der Waals surface area contributed by atoms with Crippen molar-refractivity contribution in [3.63, 3.8) is 0 Å². The van der Waals surface area contributed by atoms with Gasteiger partial charge in [-0.15, -0.1) is 0 Å². The Morgan fingerprint density at radius 3 is 2.45 bits per heavy atom. The van der Waals surface area contributed by atoms with Crippen LogP contribution in [0.4, 0.5) is 5.69 Å². The summed E-state index contributed by atoms with van der Waals surface area (Å²) in [6, 6.07) is 21.2. The molecule has 0 atom stereocenters. The van der Waals surface area contributed by atoms with Crippen molar-refractivity contribution in [1.29, 1.82) is 0 Å². The molecule has 0 aromatic heterocycles. The van der Waals surface area contributed by atoms with Gasteiger partial charge in [0.25, 0.3) is 5.91 Å². The van der Waals surface area contributed by atoms with E-state index < -0.39 is 5.97 Å². The van der Waals surface area contributed by atoms with Crippen LogP contribution in [0.15, 0.2) is 88.0 Å². The molecule has 0 unspecified atom stereocenters. The van der Waals surface area contributed by atoms with Gasteiger partial charge in [-0.25, -0.2) is 4.79 Å². The molecule has 3 aromatic rings. The van der Waals surface area contributed by atoms with Crippen molar-refractivity contribution < 1.29 is 14.3 Å². The molecule has 0 aliphatic carbocycles. The third-order valence-electron chi connectivity index (χ3n) is 5.00. The molecule has 0 saturated carbocycles. The van der Waals surface area contributed by atoms with E-state index >= 15 is 0 Å². The third kappa shape index (κ3) is 3.28. The van der Waals surface area contributed by atoms with E-state index in [0.717, 1.165) is 26.5 Å². The molecular weight excluding hydrogens is 430 g/mol. The summed E-state index contributed by atoms with van der Waals surface area (Å²) in [5.74, 6) is -0.785. The van der Waals surface area contributed by atoms with Crippen molar-refractivity contribution in [3.8, 4) is 0 Å². The lowest BCUT2D eigenvalue weighted by atomic mass is 10.0. The van der Waals surface area contributed by atoms with Crippen LogP contribution in [0, 0.1) is 0 Å². The minimum atomic E-state index is -0.531. The number of halogens is 1. The molecule has 0 saturated heterocycles. The van der Waals surface area contributed by atoms with Gasteiger partial charge in [-0.3, -0.25) is 9.69 Å². The number of anilines is 1. The Bertz CT molecular complexity index is 1200. The van der Waals surface area contributed by atoms with E-state index in [1.165, 1.54) is 7.11 Å². The van der Waals surface area contributed by atoms with Gasteiger partial charge < -0.3 is 4.74 Å². The van der Waals surface area contributed by atoms with Crippen molar-refractivity contribution in [3.05, 3.63) is 93.6 Å². The number of carbonyl (C=O) groups excluding carboxylic acids is 2. The monoisotopic (exact) mass is 447 g/mol. The maximum Gasteiger partial charge on any atom is 0.340 e. The predicted molar refractivity (Wildman–Crippen MR) is 118 cm³/mol. The number of rotatable bonds is 3. The van der Waals surface area contributed by atoms with Crippen LogP contribution in [-0.2, 0) is 14.3 Å². The smallest absolute Gasteiger partial charge is 0.340 e. The highest BCUT2D eigenvalue weighted by Crippen LogP contribution is 2.39. The highest BCUT2D eigenvalue weighted by Gasteiger charge is 2.38. The van der Waals surface area contributed by atoms with E-state index in [-0.39, 0.29) is 11.5 Å². The van der Waals surface area contributed by atoms with Crippen LogP contribution >= 0.6 is 15.9 Å². The average molecular weight is 448 g/mol. The minimum Gasteiger partial charge on any atom is -0.465 e. The van der Waals surface area contributed by atoms with Gasteiger partial charge in [0.2, 0.25) is 0 Å². The average Bonchev–Trinajstić information content (AvgIpc) is 2.98. The maximum atomic E-state index is 13.5. The fourth-order valence-corrected chi connectivity index (χ4v) is 4.02. The standard InChI is InChI=1S/C24H18BrNO3/c1-15-22(24(28)29-2)19(14-17-9-4-6-12-20(17)25)23(27)26(15)21-13-7-10-16-8-3-5-11-18(16)21/h3-14H,1-2H3/b19-14-. The summed E-state index contributed by atoms with van der Waals surface area (Å²) in [7, 11) is 1.32. The lowest BCUT2D eigenvalue weighted by Crippen LogP contribution is -2.24. The molecule has 1 aliphatic rings. The number of hydrogen-bond donors (Lipinski definition) is 0. The SMILES string of the molecule is COC(=O)C1=C(C)N(c2cccc3ccccc23)C(=O)/C1=C\c1ccccc1Br. The Balaban J connectivity index is 1.93. The Morgan fingerprint density at radius 1 is 1.00 bits per heavy atom. The van der Waals surface area contributed by atoms with Gasteiger partial charge in [0.15, 0.2) is 0 Å². The molecule has 1 aliphatic heterocycles. The zero-order chi connectivity index (χ0) is 20.5. The first kappa shape index (κ1) is 19.2. The second kappa shape index (κ2) is 7.68. The Hall–Kier alpha value is -3.18. The van der Waals surface area contributed by atoms with E-state index in [1.54, 1.807) is 17.9 Å². The number of nitrogens with zero attached hydrogens (tertiary/aromatic N) is 1. The summed E-state index contributed by atoms with van der Waals surface area (Å²) in [5, 5.41) is 1.96. The van der Waals surface area contributed by atoms with Gasteiger partial charge in [0.1, 0.15) is 0 Å². The number of allylic oxidation sites excluding steroid dienone is 1. The molecule has 4 rings (SSSR count). The Kier molecular flexibility index (Phi) is 5.07. The molecule has 144 valence electrons. The van der Waals surface area contributed by atoms with E-state index in [4.69, 9.17) is 4.74 Å². The summed E-state index contributed by atoms with van der Waals surface area (Å²) in [6.45, 7) is 1.77. The fourth-order valence-electron chi connectivity index (χ4n) is 3.62. The quantitative estimate of drug-likeness (QED) is 0.394. The van der Waals surface area contributed by atoms with E-state index in [0.29, 0.717) is 11.3 Å². The second-order valence-corrected chi connectivity index (χ2v) is 7.52. The molecule has 0 fully saturated rings. The van der Waals surface area contributed by atoms with Gasteiger partial charge in [-0.05, 0) is 36.1 Å². The lowest BCUT2D eigenvalue weighted by molar-refractivity contribution is -0.136. The van der Waals surface area contributed by atoms with Crippen LogP contribution < -0.4 is 4.90 Å². The summed E-state index contributed by atoms with van der Waals surface area (Å²) >= 11 is 3.50. The Morgan fingerprint density at radius 2 is 1.69 bits per heavy atom. The maximum absolute atomic E-state index is 13.5. The first-order valence-electron chi connectivity index (χ1n) is 9.11. The van der Waals surface area contributed by atoms with Gasteiger partial charge in [-0.2, -0.15) is 0 Å². The van der Waals surface area contributed by atoms with Crippen molar-refractivity contribution in [1.82, 2.24) is 0 Å². The fraction of sp³-hybridized carbons (Fsp3) is 0.0833. The normalized spacial score (nSPS) is 15.5. The third-order valence-corrected chi connectivity index (χ3v) is 5.72. The number of ether oxygens (including phenoxy) is 1. The number of carbonyl (C=O) groups is 2. The second-order valence-electron chi connectivity index (χ2n) is 6.67. The zero-order valence-corrected chi connectivity index (χ0v) is 17.6. The number of hydrogen-bond acceptors (Lipinski definition) is 3. The molecule has 4 nitrogen and oxygen atoms in total. The van der Waals surface area contributed by atoms with Crippen LogP contribution in [0.5, 0.6) is 0 Å². The Labute approximate surface area is 177 Å². The largest absolute Gasteiger partial charge is 0.465 e. The first-order chi connectivity index (χ1) is 14.0. The number of benzene rings is 3. The summed E-state index contributed by atoms with van der Waals surface area (Å²) in [6.07, 6.45) is 1.73. The molecular formula is C24H18BrNO3. The van der Waals surface area contributed by atoms with E-state index in [1.807, 2.05) is 66.7 Å². The lowest BCUT2D eigenvalue weighted by Gasteiger charge is -2.20. The minimum absolute atomic E-state index is 0.255. The van der Waals surface area contributed by atoms with Crippen LogP contribution in [0.3, 0.4) is 0 Å². The van der Waals surface area contributed by atoms with Crippen LogP contribution in [-0.4, -0.2) is 19.0 Å². The highest BCUT2D eigenvalue weighted by atomic mass is 79.9. The van der Waals surface area contributed by atoms with Crippen LogP contribution in [0.25, 0.3) is 16.8 Å². The van der Waals surface area contributed by atoms with Crippen molar-refractivity contribution in [2.24, 2.45) is 0 Å². The molecule has 5 heteroatoms. The predicted octanol–water partition coefficient (Wildman–Crippen LogP) is 5.48. The number of fused-ring (bicyclic) bond motifs is 1. The molecule has 1 heterocycles. The molecule has 0 radical (unpaired) electrons. The number of methoxy groups -OCH3 is 1. The van der Waals surface area contributed by atoms with Crippen molar-refractivity contribution in [2.75, 3.05) is 12.0 Å². The van der Waals surface area contributed by atoms with Gasteiger partial charge in [-0.1, -0.05) is 70.5 Å². The number of amides is 1. The van der Waals surface area contributed by atoms with Crippen molar-refractivity contribution in [2.45, 2.75) is 6.92 Å². The molecule has 0 bridgehead atoms. The number of esters is 1. The van der Waals surface area contributed by atoms with E-state index in [9.17, 15) is 9.59 Å².